The maximum absolute atomic E-state index is 11.9. The molecule has 1 amide bonds. The lowest BCUT2D eigenvalue weighted by Gasteiger charge is -2.02. The molecule has 0 spiro atoms. The van der Waals surface area contributed by atoms with Crippen molar-refractivity contribution >= 4 is 29.3 Å². The minimum absolute atomic E-state index is 0.0879. The van der Waals surface area contributed by atoms with Crippen molar-refractivity contribution in [1.82, 2.24) is 15.5 Å². The number of halogens is 1. The maximum Gasteiger partial charge on any atom is 0.246 e. The van der Waals surface area contributed by atoms with E-state index in [-0.39, 0.29) is 12.5 Å². The summed E-state index contributed by atoms with van der Waals surface area (Å²) in [6.45, 7) is 0.203. The lowest BCUT2D eigenvalue weighted by molar-refractivity contribution is -0.118. The third-order valence-electron chi connectivity index (χ3n) is 3.12. The molecule has 1 N–H and O–H groups in total. The van der Waals surface area contributed by atoms with E-state index in [2.05, 4.69) is 15.5 Å². The third kappa shape index (κ3) is 4.59. The average molecular weight is 360 g/mol. The smallest absolute Gasteiger partial charge is 0.246 e. The van der Waals surface area contributed by atoms with Crippen molar-refractivity contribution in [1.29, 1.82) is 0 Å². The SMILES string of the molecule is O=C(CSc1ccccc1)NCc1nc(-c2ccc(Cl)cc2)no1. The molecule has 0 saturated heterocycles. The molecule has 1 aromatic heterocycles. The lowest BCUT2D eigenvalue weighted by Crippen LogP contribution is -2.24. The Kier molecular flexibility index (Phi) is 5.51. The molecule has 3 rings (SSSR count). The Morgan fingerprint density at radius 1 is 1.12 bits per heavy atom. The number of benzene rings is 2. The number of carbonyl (C=O) groups excluding carboxylic acids is 1. The molecule has 0 aliphatic carbocycles. The summed E-state index contributed by atoms with van der Waals surface area (Å²) in [5, 5.41) is 7.31. The number of carbonyl (C=O) groups is 1. The zero-order chi connectivity index (χ0) is 16.8. The van der Waals surface area contributed by atoms with Crippen LogP contribution in [0.25, 0.3) is 11.4 Å². The van der Waals surface area contributed by atoms with E-state index in [0.29, 0.717) is 22.5 Å². The zero-order valence-corrected chi connectivity index (χ0v) is 14.2. The highest BCUT2D eigenvalue weighted by Gasteiger charge is 2.10. The van der Waals surface area contributed by atoms with Gasteiger partial charge in [0.25, 0.3) is 0 Å². The number of hydrogen-bond donors (Lipinski definition) is 1. The number of rotatable bonds is 6. The average Bonchev–Trinajstić information content (AvgIpc) is 3.09. The summed E-state index contributed by atoms with van der Waals surface area (Å²) >= 11 is 7.33. The van der Waals surface area contributed by atoms with Crippen molar-refractivity contribution in [2.45, 2.75) is 11.4 Å². The van der Waals surface area contributed by atoms with Gasteiger partial charge in [0.15, 0.2) is 0 Å². The molecule has 1 heterocycles. The lowest BCUT2D eigenvalue weighted by atomic mass is 10.2. The molecule has 0 bridgehead atoms. The number of nitrogens with one attached hydrogen (secondary N) is 1. The van der Waals surface area contributed by atoms with Crippen molar-refractivity contribution in [3.63, 3.8) is 0 Å². The Bertz CT molecular complexity index is 806. The first-order valence-electron chi connectivity index (χ1n) is 7.24. The second kappa shape index (κ2) is 7.99. The Hall–Kier alpha value is -2.31. The van der Waals surface area contributed by atoms with Crippen LogP contribution in [0.15, 0.2) is 64.0 Å². The molecular weight excluding hydrogens is 346 g/mol. The summed E-state index contributed by atoms with van der Waals surface area (Å²) in [4.78, 5) is 17.2. The number of hydrogen-bond acceptors (Lipinski definition) is 5. The number of nitrogens with zero attached hydrogens (tertiary/aromatic N) is 2. The predicted molar refractivity (Wildman–Crippen MR) is 93.8 cm³/mol. The van der Waals surface area contributed by atoms with E-state index in [1.807, 2.05) is 42.5 Å². The van der Waals surface area contributed by atoms with Gasteiger partial charge in [0, 0.05) is 15.5 Å². The fraction of sp³-hybridized carbons (Fsp3) is 0.118. The van der Waals surface area contributed by atoms with Gasteiger partial charge < -0.3 is 9.84 Å². The summed E-state index contributed by atoms with van der Waals surface area (Å²) in [7, 11) is 0. The summed E-state index contributed by atoms with van der Waals surface area (Å²) in [6, 6.07) is 16.9. The van der Waals surface area contributed by atoms with Gasteiger partial charge in [-0.15, -0.1) is 11.8 Å². The number of thioether (sulfide) groups is 1. The molecule has 0 aliphatic rings. The van der Waals surface area contributed by atoms with Crippen LogP contribution < -0.4 is 5.32 Å². The van der Waals surface area contributed by atoms with Crippen LogP contribution in [0.3, 0.4) is 0 Å². The summed E-state index contributed by atoms with van der Waals surface area (Å²) in [6.07, 6.45) is 0. The molecule has 0 radical (unpaired) electrons. The Balaban J connectivity index is 1.50. The summed E-state index contributed by atoms with van der Waals surface area (Å²) < 4.78 is 5.15. The first-order valence-corrected chi connectivity index (χ1v) is 8.60. The van der Waals surface area contributed by atoms with Crippen LogP contribution in [0.4, 0.5) is 0 Å². The topological polar surface area (TPSA) is 68.0 Å². The maximum atomic E-state index is 11.9. The normalized spacial score (nSPS) is 10.5. The third-order valence-corrected chi connectivity index (χ3v) is 4.38. The van der Waals surface area contributed by atoms with Gasteiger partial charge >= 0.3 is 0 Å². The molecule has 0 saturated carbocycles. The summed E-state index contributed by atoms with van der Waals surface area (Å²) in [5.74, 6) is 1.07. The van der Waals surface area contributed by atoms with E-state index in [1.165, 1.54) is 11.8 Å². The van der Waals surface area contributed by atoms with Crippen molar-refractivity contribution in [3.05, 3.63) is 65.5 Å². The molecule has 0 fully saturated rings. The van der Waals surface area contributed by atoms with Gasteiger partial charge in [0.05, 0.1) is 12.3 Å². The molecule has 0 atom stereocenters. The predicted octanol–water partition coefficient (Wildman–Crippen LogP) is 3.80. The first-order chi connectivity index (χ1) is 11.7. The van der Waals surface area contributed by atoms with Crippen LogP contribution in [0, 0.1) is 0 Å². The molecule has 5 nitrogen and oxygen atoms in total. The van der Waals surface area contributed by atoms with Crippen LogP contribution in [0.1, 0.15) is 5.89 Å². The largest absolute Gasteiger partial charge is 0.346 e. The molecule has 2 aromatic carbocycles. The van der Waals surface area contributed by atoms with Crippen molar-refractivity contribution in [2.75, 3.05) is 5.75 Å². The minimum Gasteiger partial charge on any atom is -0.346 e. The zero-order valence-electron chi connectivity index (χ0n) is 12.6. The van der Waals surface area contributed by atoms with E-state index in [0.717, 1.165) is 10.5 Å². The minimum atomic E-state index is -0.0879. The molecular formula is C17H14ClN3O2S. The van der Waals surface area contributed by atoms with E-state index in [9.17, 15) is 4.79 Å². The van der Waals surface area contributed by atoms with Crippen LogP contribution in [-0.4, -0.2) is 21.8 Å². The van der Waals surface area contributed by atoms with Crippen molar-refractivity contribution < 1.29 is 9.32 Å². The van der Waals surface area contributed by atoms with Crippen LogP contribution >= 0.6 is 23.4 Å². The van der Waals surface area contributed by atoms with Gasteiger partial charge in [-0.05, 0) is 36.4 Å². The monoisotopic (exact) mass is 359 g/mol. The fourth-order valence-electron chi connectivity index (χ4n) is 1.93. The van der Waals surface area contributed by atoms with Crippen LogP contribution in [-0.2, 0) is 11.3 Å². The molecule has 3 aromatic rings. The highest BCUT2D eigenvalue weighted by atomic mass is 35.5. The molecule has 0 unspecified atom stereocenters. The molecule has 24 heavy (non-hydrogen) atoms. The fourth-order valence-corrected chi connectivity index (χ4v) is 2.81. The standard InChI is InChI=1S/C17H14ClN3O2S/c18-13-8-6-12(7-9-13)17-20-16(23-21-17)10-19-15(22)11-24-14-4-2-1-3-5-14/h1-9H,10-11H2,(H,19,22). The Morgan fingerprint density at radius 3 is 2.62 bits per heavy atom. The van der Waals surface area contributed by atoms with Gasteiger partial charge in [-0.1, -0.05) is 35.0 Å². The second-order valence-corrected chi connectivity index (χ2v) is 6.38. The molecule has 7 heteroatoms. The van der Waals surface area contributed by atoms with E-state index in [4.69, 9.17) is 16.1 Å². The Labute approximate surface area is 148 Å². The number of aromatic nitrogens is 2. The first kappa shape index (κ1) is 16.5. The van der Waals surface area contributed by atoms with Crippen LogP contribution in [0.5, 0.6) is 0 Å². The van der Waals surface area contributed by atoms with Crippen molar-refractivity contribution in [3.8, 4) is 11.4 Å². The van der Waals surface area contributed by atoms with Crippen molar-refractivity contribution in [2.24, 2.45) is 0 Å². The quantitative estimate of drug-likeness (QED) is 0.678. The van der Waals surface area contributed by atoms with Gasteiger partial charge in [0.2, 0.25) is 17.6 Å². The molecule has 0 aliphatic heterocycles. The number of amides is 1. The van der Waals surface area contributed by atoms with Gasteiger partial charge in [-0.25, -0.2) is 0 Å². The Morgan fingerprint density at radius 2 is 1.88 bits per heavy atom. The summed E-state index contributed by atoms with van der Waals surface area (Å²) in [5.41, 5.74) is 0.806. The van der Waals surface area contributed by atoms with Crippen LogP contribution in [0.2, 0.25) is 5.02 Å². The van der Waals surface area contributed by atoms with Gasteiger partial charge in [-0.3, -0.25) is 4.79 Å². The van der Waals surface area contributed by atoms with E-state index in [1.54, 1.807) is 12.1 Å². The molecule has 122 valence electrons. The van der Waals surface area contributed by atoms with Gasteiger partial charge in [0.1, 0.15) is 0 Å². The second-order valence-electron chi connectivity index (χ2n) is 4.90. The van der Waals surface area contributed by atoms with E-state index < -0.39 is 0 Å². The van der Waals surface area contributed by atoms with Gasteiger partial charge in [-0.2, -0.15) is 4.98 Å². The van der Waals surface area contributed by atoms with E-state index >= 15 is 0 Å². The highest BCUT2D eigenvalue weighted by Crippen LogP contribution is 2.19. The highest BCUT2D eigenvalue weighted by molar-refractivity contribution is 8.00.